The van der Waals surface area contributed by atoms with Gasteiger partial charge in [-0.15, -0.1) is 0 Å². The van der Waals surface area contributed by atoms with Crippen LogP contribution in [0.3, 0.4) is 0 Å². The van der Waals surface area contributed by atoms with Crippen molar-refractivity contribution in [2.75, 3.05) is 31.5 Å². The van der Waals surface area contributed by atoms with Gasteiger partial charge >= 0.3 is 0 Å². The van der Waals surface area contributed by atoms with E-state index in [4.69, 9.17) is 0 Å². The molecule has 0 bridgehead atoms. The Morgan fingerprint density at radius 3 is 2.39 bits per heavy atom. The Labute approximate surface area is 195 Å². The van der Waals surface area contributed by atoms with Crippen molar-refractivity contribution in [3.63, 3.8) is 0 Å². The molecule has 2 amide bonds. The molecular weight excluding hydrogens is 440 g/mol. The number of sulfonamides is 1. The highest BCUT2D eigenvalue weighted by Gasteiger charge is 2.33. The zero-order valence-corrected chi connectivity index (χ0v) is 19.7. The smallest absolute Gasteiger partial charge is 0.255 e. The van der Waals surface area contributed by atoms with E-state index in [1.54, 1.807) is 29.3 Å². The Balaban J connectivity index is 1.42. The first-order chi connectivity index (χ1) is 15.9. The summed E-state index contributed by atoms with van der Waals surface area (Å²) < 4.78 is 27.9. The minimum Gasteiger partial charge on any atom is -0.339 e. The third-order valence-electron chi connectivity index (χ3n) is 6.37. The van der Waals surface area contributed by atoms with Crippen molar-refractivity contribution >= 4 is 27.7 Å². The number of aryl methyl sites for hydroxylation is 1. The molecule has 176 valence electrons. The molecule has 1 aromatic carbocycles. The lowest BCUT2D eigenvalue weighted by Crippen LogP contribution is -2.42. The number of nitrogens with zero attached hydrogens (tertiary/aromatic N) is 3. The summed E-state index contributed by atoms with van der Waals surface area (Å²) in [6.45, 7) is 3.71. The van der Waals surface area contributed by atoms with Crippen LogP contribution in [-0.4, -0.2) is 60.6 Å². The summed E-state index contributed by atoms with van der Waals surface area (Å²) in [5.41, 5.74) is 1.22. The van der Waals surface area contributed by atoms with E-state index < -0.39 is 10.0 Å². The number of amides is 2. The first-order valence-electron chi connectivity index (χ1n) is 11.5. The molecule has 2 fully saturated rings. The number of hydrogen-bond donors (Lipinski definition) is 1. The zero-order valence-electron chi connectivity index (χ0n) is 18.9. The number of carbonyl (C=O) groups is 2. The van der Waals surface area contributed by atoms with Gasteiger partial charge < -0.3 is 10.2 Å². The quantitative estimate of drug-likeness (QED) is 0.724. The maximum atomic E-state index is 13.3. The Kier molecular flexibility index (Phi) is 7.09. The van der Waals surface area contributed by atoms with E-state index in [2.05, 4.69) is 10.3 Å². The largest absolute Gasteiger partial charge is 0.339 e. The molecule has 1 aromatic heterocycles. The van der Waals surface area contributed by atoms with Crippen molar-refractivity contribution in [3.8, 4) is 0 Å². The van der Waals surface area contributed by atoms with Crippen molar-refractivity contribution in [2.24, 2.45) is 5.92 Å². The van der Waals surface area contributed by atoms with E-state index in [1.165, 1.54) is 10.4 Å². The van der Waals surface area contributed by atoms with Gasteiger partial charge in [0.05, 0.1) is 10.5 Å². The van der Waals surface area contributed by atoms with Crippen LogP contribution in [0.2, 0.25) is 0 Å². The SMILES string of the molecule is Cc1ccnc(NC(=O)C2CCN(C(=O)c3ccccc3S(=O)(=O)N3CCCCC3)CC2)c1. The minimum absolute atomic E-state index is 0.0716. The number of carbonyl (C=O) groups excluding carboxylic acids is 2. The van der Waals surface area contributed by atoms with Gasteiger partial charge in [0.15, 0.2) is 0 Å². The minimum atomic E-state index is -3.72. The number of hydrogen-bond acceptors (Lipinski definition) is 5. The Bertz CT molecular complexity index is 1120. The van der Waals surface area contributed by atoms with Crippen LogP contribution >= 0.6 is 0 Å². The molecule has 0 aliphatic carbocycles. The summed E-state index contributed by atoms with van der Waals surface area (Å²) >= 11 is 0. The fraction of sp³-hybridized carbons (Fsp3) is 0.458. The maximum Gasteiger partial charge on any atom is 0.255 e. The molecule has 9 heteroatoms. The number of piperidine rings is 2. The summed E-state index contributed by atoms with van der Waals surface area (Å²) in [4.78, 5) is 31.8. The normalized spacial score (nSPS) is 18.2. The first kappa shape index (κ1) is 23.4. The van der Waals surface area contributed by atoms with Crippen molar-refractivity contribution in [3.05, 3.63) is 53.7 Å². The summed E-state index contributed by atoms with van der Waals surface area (Å²) in [6, 6.07) is 10.1. The second kappa shape index (κ2) is 10.0. The zero-order chi connectivity index (χ0) is 23.4. The van der Waals surface area contributed by atoms with Gasteiger partial charge in [-0.1, -0.05) is 18.6 Å². The monoisotopic (exact) mass is 470 g/mol. The van der Waals surface area contributed by atoms with E-state index in [0.29, 0.717) is 44.8 Å². The highest BCUT2D eigenvalue weighted by atomic mass is 32.2. The van der Waals surface area contributed by atoms with Gasteiger partial charge in [0, 0.05) is 38.3 Å². The molecule has 0 atom stereocenters. The van der Waals surface area contributed by atoms with Crippen molar-refractivity contribution in [1.29, 1.82) is 0 Å². The molecule has 0 unspecified atom stereocenters. The fourth-order valence-electron chi connectivity index (χ4n) is 4.46. The highest BCUT2D eigenvalue weighted by Crippen LogP contribution is 2.26. The molecule has 2 aliphatic heterocycles. The topological polar surface area (TPSA) is 99.7 Å². The molecule has 2 aliphatic rings. The number of benzene rings is 1. The van der Waals surface area contributed by atoms with E-state index in [9.17, 15) is 18.0 Å². The average molecular weight is 471 g/mol. The molecular formula is C24H30N4O4S. The highest BCUT2D eigenvalue weighted by molar-refractivity contribution is 7.89. The number of likely N-dealkylation sites (tertiary alicyclic amines) is 1. The summed E-state index contributed by atoms with van der Waals surface area (Å²) in [7, 11) is -3.72. The van der Waals surface area contributed by atoms with Crippen LogP contribution in [0.15, 0.2) is 47.5 Å². The van der Waals surface area contributed by atoms with Gasteiger partial charge in [0.25, 0.3) is 5.91 Å². The van der Waals surface area contributed by atoms with Crippen LogP contribution < -0.4 is 5.32 Å². The van der Waals surface area contributed by atoms with Crippen LogP contribution in [-0.2, 0) is 14.8 Å². The fourth-order valence-corrected chi connectivity index (χ4v) is 6.16. The summed E-state index contributed by atoms with van der Waals surface area (Å²) in [5, 5.41) is 2.86. The molecule has 0 radical (unpaired) electrons. The Hall–Kier alpha value is -2.78. The molecule has 8 nitrogen and oxygen atoms in total. The van der Waals surface area contributed by atoms with Crippen LogP contribution in [0.1, 0.15) is 48.0 Å². The summed E-state index contributed by atoms with van der Waals surface area (Å²) in [6.07, 6.45) is 5.39. The molecule has 33 heavy (non-hydrogen) atoms. The molecule has 1 N–H and O–H groups in total. The lowest BCUT2D eigenvalue weighted by atomic mass is 9.95. The van der Waals surface area contributed by atoms with Crippen LogP contribution in [0.5, 0.6) is 0 Å². The summed E-state index contributed by atoms with van der Waals surface area (Å²) in [5.74, 6) is -0.0993. The maximum absolute atomic E-state index is 13.3. The second-order valence-corrected chi connectivity index (χ2v) is 10.6. The number of anilines is 1. The van der Waals surface area contributed by atoms with Crippen LogP contribution in [0, 0.1) is 12.8 Å². The third kappa shape index (κ3) is 5.25. The predicted octanol–water partition coefficient (Wildman–Crippen LogP) is 3.06. The molecule has 2 aromatic rings. The predicted molar refractivity (Wildman–Crippen MR) is 125 cm³/mol. The van der Waals surface area contributed by atoms with Crippen molar-refractivity contribution < 1.29 is 18.0 Å². The number of rotatable bonds is 5. The average Bonchev–Trinajstić information content (AvgIpc) is 2.84. The van der Waals surface area contributed by atoms with Gasteiger partial charge in [-0.05, 0) is 62.4 Å². The lowest BCUT2D eigenvalue weighted by Gasteiger charge is -2.32. The van der Waals surface area contributed by atoms with Gasteiger partial charge in [-0.25, -0.2) is 13.4 Å². The third-order valence-corrected chi connectivity index (χ3v) is 8.33. The van der Waals surface area contributed by atoms with Gasteiger partial charge in [-0.3, -0.25) is 9.59 Å². The van der Waals surface area contributed by atoms with E-state index >= 15 is 0 Å². The van der Waals surface area contributed by atoms with Crippen molar-refractivity contribution in [2.45, 2.75) is 43.9 Å². The van der Waals surface area contributed by atoms with Gasteiger partial charge in [0.2, 0.25) is 15.9 Å². The molecule has 0 saturated carbocycles. The van der Waals surface area contributed by atoms with Crippen molar-refractivity contribution in [1.82, 2.24) is 14.2 Å². The van der Waals surface area contributed by atoms with E-state index in [-0.39, 0.29) is 28.2 Å². The molecule has 3 heterocycles. The van der Waals surface area contributed by atoms with Crippen LogP contribution in [0.25, 0.3) is 0 Å². The molecule has 4 rings (SSSR count). The number of aromatic nitrogens is 1. The second-order valence-electron chi connectivity index (χ2n) is 8.74. The number of nitrogens with one attached hydrogen (secondary N) is 1. The van der Waals surface area contributed by atoms with Gasteiger partial charge in [0.1, 0.15) is 5.82 Å². The Morgan fingerprint density at radius 2 is 1.70 bits per heavy atom. The first-order valence-corrected chi connectivity index (χ1v) is 12.9. The Morgan fingerprint density at radius 1 is 1.00 bits per heavy atom. The van der Waals surface area contributed by atoms with E-state index in [0.717, 1.165) is 24.8 Å². The van der Waals surface area contributed by atoms with Gasteiger partial charge in [-0.2, -0.15) is 4.31 Å². The molecule has 0 spiro atoms. The lowest BCUT2D eigenvalue weighted by molar-refractivity contribution is -0.121. The molecule has 2 saturated heterocycles. The standard InChI is InChI=1S/C24H30N4O4S/c1-18-9-12-25-22(17-18)26-23(29)19-10-15-27(16-11-19)24(30)20-7-3-4-8-21(20)33(31,32)28-13-5-2-6-14-28/h3-4,7-9,12,17,19H,2,5-6,10-11,13-16H2,1H3,(H,25,26,29). The van der Waals surface area contributed by atoms with Crippen LogP contribution in [0.4, 0.5) is 5.82 Å². The van der Waals surface area contributed by atoms with E-state index in [1.807, 2.05) is 19.1 Å². The number of pyridine rings is 1.